The maximum atomic E-state index is 12.5. The van der Waals surface area contributed by atoms with E-state index in [1.807, 2.05) is 61.5 Å². The fraction of sp³-hybridized carbons (Fsp3) is 0.0952. The van der Waals surface area contributed by atoms with Crippen LogP contribution < -0.4 is 5.69 Å². The molecule has 5 rings (SSSR count). The molecule has 0 aliphatic rings. The van der Waals surface area contributed by atoms with E-state index in [0.29, 0.717) is 6.54 Å². The zero-order valence-electron chi connectivity index (χ0n) is 14.7. The molecule has 132 valence electrons. The van der Waals surface area contributed by atoms with Gasteiger partial charge in [0.05, 0.1) is 23.1 Å². The van der Waals surface area contributed by atoms with Gasteiger partial charge < -0.3 is 4.98 Å². The van der Waals surface area contributed by atoms with Gasteiger partial charge in [0.1, 0.15) is 5.69 Å². The summed E-state index contributed by atoms with van der Waals surface area (Å²) in [6.45, 7) is 2.48. The molecule has 0 amide bonds. The van der Waals surface area contributed by atoms with Gasteiger partial charge >= 0.3 is 5.69 Å². The van der Waals surface area contributed by atoms with Crippen LogP contribution in [0.1, 0.15) is 11.3 Å². The number of benzene rings is 2. The molecule has 0 radical (unpaired) electrons. The highest BCUT2D eigenvalue weighted by Gasteiger charge is 2.14. The number of H-pyrrole nitrogens is 2. The fourth-order valence-corrected chi connectivity index (χ4v) is 3.50. The maximum Gasteiger partial charge on any atom is 0.326 e. The first-order valence-corrected chi connectivity index (χ1v) is 8.76. The Balaban J connectivity index is 1.71. The van der Waals surface area contributed by atoms with Crippen molar-refractivity contribution in [1.82, 2.24) is 24.7 Å². The third-order valence-electron chi connectivity index (χ3n) is 4.81. The second-order valence-electron chi connectivity index (χ2n) is 6.67. The first kappa shape index (κ1) is 15.6. The molecule has 0 spiro atoms. The minimum absolute atomic E-state index is 0.115. The van der Waals surface area contributed by atoms with Gasteiger partial charge in [-0.3, -0.25) is 14.6 Å². The van der Waals surface area contributed by atoms with Crippen LogP contribution in [0.3, 0.4) is 0 Å². The summed E-state index contributed by atoms with van der Waals surface area (Å²) in [5.41, 5.74) is 6.31. The summed E-state index contributed by atoms with van der Waals surface area (Å²) in [4.78, 5) is 19.7. The van der Waals surface area contributed by atoms with E-state index in [1.165, 1.54) is 0 Å². The van der Waals surface area contributed by atoms with Crippen molar-refractivity contribution in [3.8, 4) is 11.3 Å². The number of rotatable bonds is 3. The number of hydrogen-bond acceptors (Lipinski definition) is 3. The molecule has 5 aromatic rings. The van der Waals surface area contributed by atoms with Gasteiger partial charge in [-0.15, -0.1) is 0 Å². The van der Waals surface area contributed by atoms with Gasteiger partial charge in [-0.25, -0.2) is 4.79 Å². The van der Waals surface area contributed by atoms with Gasteiger partial charge in [0.25, 0.3) is 0 Å². The zero-order valence-corrected chi connectivity index (χ0v) is 14.7. The average Bonchev–Trinajstić information content (AvgIpc) is 3.21. The Morgan fingerprint density at radius 1 is 1.04 bits per heavy atom. The molecule has 0 aliphatic heterocycles. The smallest absolute Gasteiger partial charge is 0.305 e. The highest BCUT2D eigenvalue weighted by atomic mass is 16.1. The van der Waals surface area contributed by atoms with Crippen molar-refractivity contribution in [2.45, 2.75) is 13.5 Å². The Morgan fingerprint density at radius 2 is 1.89 bits per heavy atom. The lowest BCUT2D eigenvalue weighted by Crippen LogP contribution is -2.17. The number of pyridine rings is 1. The molecule has 0 saturated heterocycles. The van der Waals surface area contributed by atoms with E-state index in [9.17, 15) is 4.79 Å². The molecular formula is C21H17N5O. The van der Waals surface area contributed by atoms with Crippen LogP contribution in [0, 0.1) is 6.92 Å². The van der Waals surface area contributed by atoms with Crippen LogP contribution in [0.5, 0.6) is 0 Å². The molecule has 3 heterocycles. The van der Waals surface area contributed by atoms with Crippen LogP contribution in [0.2, 0.25) is 0 Å². The number of nitrogens with zero attached hydrogens (tertiary/aromatic N) is 3. The summed E-state index contributed by atoms with van der Waals surface area (Å²) in [5, 5.41) is 8.55. The predicted octanol–water partition coefficient (Wildman–Crippen LogP) is 3.62. The Bertz CT molecular complexity index is 1330. The highest BCUT2D eigenvalue weighted by molar-refractivity contribution is 6.00. The molecular weight excluding hydrogens is 338 g/mol. The largest absolute Gasteiger partial charge is 0.326 e. The number of hydrogen-bond donors (Lipinski definition) is 2. The molecule has 0 aliphatic carbocycles. The van der Waals surface area contributed by atoms with E-state index in [2.05, 4.69) is 20.2 Å². The monoisotopic (exact) mass is 355 g/mol. The van der Waals surface area contributed by atoms with E-state index in [-0.39, 0.29) is 5.69 Å². The Morgan fingerprint density at radius 3 is 2.70 bits per heavy atom. The van der Waals surface area contributed by atoms with E-state index in [0.717, 1.165) is 44.5 Å². The molecule has 27 heavy (non-hydrogen) atoms. The van der Waals surface area contributed by atoms with Crippen molar-refractivity contribution < 1.29 is 0 Å². The Hall–Kier alpha value is -3.67. The van der Waals surface area contributed by atoms with Gasteiger partial charge in [-0.1, -0.05) is 30.3 Å². The summed E-state index contributed by atoms with van der Waals surface area (Å²) in [5.74, 6) is 0. The number of aromatic amines is 2. The Labute approximate surface area is 154 Å². The molecule has 2 N–H and O–H groups in total. The van der Waals surface area contributed by atoms with Gasteiger partial charge in [0.15, 0.2) is 0 Å². The fourth-order valence-electron chi connectivity index (χ4n) is 3.50. The molecule has 3 aromatic heterocycles. The molecule has 0 atom stereocenters. The van der Waals surface area contributed by atoms with Crippen molar-refractivity contribution in [3.05, 3.63) is 82.5 Å². The number of aryl methyl sites for hydroxylation is 1. The summed E-state index contributed by atoms with van der Waals surface area (Å²) >= 11 is 0. The molecule has 0 fully saturated rings. The lowest BCUT2D eigenvalue weighted by molar-refractivity contribution is 0.787. The number of imidazole rings is 1. The predicted molar refractivity (Wildman–Crippen MR) is 106 cm³/mol. The van der Waals surface area contributed by atoms with Gasteiger partial charge in [-0.2, -0.15) is 5.10 Å². The number of fused-ring (bicyclic) bond motifs is 2. The Kier molecular flexibility index (Phi) is 3.43. The third-order valence-corrected chi connectivity index (χ3v) is 4.81. The van der Waals surface area contributed by atoms with Crippen molar-refractivity contribution >= 4 is 21.9 Å². The second-order valence-corrected chi connectivity index (χ2v) is 6.67. The summed E-state index contributed by atoms with van der Waals surface area (Å²) in [7, 11) is 0. The summed E-state index contributed by atoms with van der Waals surface area (Å²) in [6.07, 6.45) is 1.78. The minimum atomic E-state index is -0.115. The lowest BCUT2D eigenvalue weighted by Gasteiger charge is -2.04. The zero-order chi connectivity index (χ0) is 18.4. The molecule has 6 heteroatoms. The van der Waals surface area contributed by atoms with Crippen LogP contribution in [0.25, 0.3) is 33.2 Å². The standard InChI is InChI=1S/C21H17N5O/c1-13-9-15(7-8-22-13)20-16-10-19-18(11-17(16)24-25-20)23-21(27)26(19)12-14-5-3-2-4-6-14/h2-11H,12H2,1H3,(H,23,27)(H,24,25). The van der Waals surface area contributed by atoms with Crippen molar-refractivity contribution in [1.29, 1.82) is 0 Å². The first-order valence-electron chi connectivity index (χ1n) is 8.76. The highest BCUT2D eigenvalue weighted by Crippen LogP contribution is 2.29. The van der Waals surface area contributed by atoms with Crippen molar-refractivity contribution in [2.75, 3.05) is 0 Å². The van der Waals surface area contributed by atoms with E-state index >= 15 is 0 Å². The van der Waals surface area contributed by atoms with Crippen LogP contribution in [0.15, 0.2) is 65.6 Å². The van der Waals surface area contributed by atoms with E-state index in [1.54, 1.807) is 10.8 Å². The quantitative estimate of drug-likeness (QED) is 0.519. The van der Waals surface area contributed by atoms with Crippen LogP contribution >= 0.6 is 0 Å². The third kappa shape index (κ3) is 2.62. The van der Waals surface area contributed by atoms with Gasteiger partial charge in [-0.05, 0) is 36.8 Å². The van der Waals surface area contributed by atoms with Crippen molar-refractivity contribution in [2.24, 2.45) is 0 Å². The maximum absolute atomic E-state index is 12.5. The van der Waals surface area contributed by atoms with E-state index < -0.39 is 0 Å². The number of nitrogens with one attached hydrogen (secondary N) is 2. The minimum Gasteiger partial charge on any atom is -0.305 e. The number of aromatic nitrogens is 5. The van der Waals surface area contributed by atoms with Gasteiger partial charge in [0.2, 0.25) is 0 Å². The molecule has 0 saturated carbocycles. The molecule has 0 bridgehead atoms. The average molecular weight is 355 g/mol. The molecule has 2 aromatic carbocycles. The van der Waals surface area contributed by atoms with E-state index in [4.69, 9.17) is 0 Å². The summed E-state index contributed by atoms with van der Waals surface area (Å²) in [6, 6.07) is 17.9. The van der Waals surface area contributed by atoms with Crippen molar-refractivity contribution in [3.63, 3.8) is 0 Å². The molecule has 6 nitrogen and oxygen atoms in total. The normalized spacial score (nSPS) is 11.4. The van der Waals surface area contributed by atoms with Crippen LogP contribution in [0.4, 0.5) is 0 Å². The van der Waals surface area contributed by atoms with Crippen LogP contribution in [-0.2, 0) is 6.54 Å². The van der Waals surface area contributed by atoms with Gasteiger partial charge in [0, 0.05) is 22.8 Å². The topological polar surface area (TPSA) is 79.4 Å². The molecule has 0 unspecified atom stereocenters. The van der Waals surface area contributed by atoms with Crippen LogP contribution in [-0.4, -0.2) is 24.7 Å². The summed E-state index contributed by atoms with van der Waals surface area (Å²) < 4.78 is 1.76. The SMILES string of the molecule is Cc1cc(-c2n[nH]c3cc4[nH]c(=O)n(Cc5ccccc5)c4cc23)ccn1. The lowest BCUT2D eigenvalue weighted by atomic mass is 10.1. The second kappa shape index (κ2) is 5.95. The first-order chi connectivity index (χ1) is 13.2.